The molecule has 4 heteroatoms. The fourth-order valence-corrected chi connectivity index (χ4v) is 1.17. The Hall–Kier alpha value is -1.63. The standard InChI is InChI=1S/C10H12N2O2/c1-10(2,6-11)8-5-7(9(13)14)3-4-12-8/h4-5,7H,3H2,1-2H3,(H,13,14). The summed E-state index contributed by atoms with van der Waals surface area (Å²) in [6.45, 7) is 3.45. The van der Waals surface area contributed by atoms with Crippen LogP contribution in [-0.2, 0) is 4.79 Å². The molecule has 1 rings (SSSR count). The summed E-state index contributed by atoms with van der Waals surface area (Å²) in [4.78, 5) is 14.8. The van der Waals surface area contributed by atoms with Crippen LogP contribution in [0.4, 0.5) is 0 Å². The third-order valence-electron chi connectivity index (χ3n) is 2.19. The lowest BCUT2D eigenvalue weighted by molar-refractivity contribution is -0.139. The Balaban J connectivity index is 2.96. The molecule has 1 aliphatic heterocycles. The van der Waals surface area contributed by atoms with E-state index in [9.17, 15) is 4.79 Å². The highest BCUT2D eigenvalue weighted by atomic mass is 16.4. The minimum absolute atomic E-state index is 0.403. The molecule has 0 saturated heterocycles. The van der Waals surface area contributed by atoms with Crippen LogP contribution in [0.15, 0.2) is 16.8 Å². The maximum absolute atomic E-state index is 10.7. The molecule has 0 spiro atoms. The van der Waals surface area contributed by atoms with Crippen molar-refractivity contribution in [2.24, 2.45) is 16.3 Å². The molecular weight excluding hydrogens is 180 g/mol. The van der Waals surface area contributed by atoms with Gasteiger partial charge in [-0.25, -0.2) is 0 Å². The van der Waals surface area contributed by atoms with Crippen molar-refractivity contribution >= 4 is 12.2 Å². The average Bonchev–Trinajstić information content (AvgIpc) is 2.18. The molecule has 74 valence electrons. The first-order chi connectivity index (χ1) is 6.47. The van der Waals surface area contributed by atoms with Gasteiger partial charge in [-0.05, 0) is 26.3 Å². The van der Waals surface area contributed by atoms with E-state index in [0.29, 0.717) is 12.1 Å². The van der Waals surface area contributed by atoms with E-state index in [0.717, 1.165) is 0 Å². The lowest BCUT2D eigenvalue weighted by Crippen LogP contribution is -2.20. The first-order valence-electron chi connectivity index (χ1n) is 4.36. The fourth-order valence-electron chi connectivity index (χ4n) is 1.17. The van der Waals surface area contributed by atoms with E-state index >= 15 is 0 Å². The first kappa shape index (κ1) is 10.5. The van der Waals surface area contributed by atoms with Gasteiger partial charge in [-0.15, -0.1) is 0 Å². The van der Waals surface area contributed by atoms with Crippen molar-refractivity contribution in [3.05, 3.63) is 11.8 Å². The van der Waals surface area contributed by atoms with E-state index in [4.69, 9.17) is 10.4 Å². The van der Waals surface area contributed by atoms with Gasteiger partial charge in [0.1, 0.15) is 0 Å². The van der Waals surface area contributed by atoms with Crippen LogP contribution in [0.1, 0.15) is 20.3 Å². The zero-order valence-electron chi connectivity index (χ0n) is 8.19. The van der Waals surface area contributed by atoms with Crippen molar-refractivity contribution in [2.75, 3.05) is 0 Å². The van der Waals surface area contributed by atoms with Gasteiger partial charge in [0.2, 0.25) is 0 Å². The lowest BCUT2D eigenvalue weighted by Gasteiger charge is -2.20. The average molecular weight is 192 g/mol. The van der Waals surface area contributed by atoms with E-state index in [2.05, 4.69) is 11.1 Å². The number of nitriles is 1. The van der Waals surface area contributed by atoms with Crippen LogP contribution in [0, 0.1) is 22.7 Å². The maximum Gasteiger partial charge on any atom is 0.310 e. The summed E-state index contributed by atoms with van der Waals surface area (Å²) in [6.07, 6.45) is 3.53. The van der Waals surface area contributed by atoms with Crippen molar-refractivity contribution in [3.8, 4) is 6.07 Å². The Labute approximate surface area is 82.6 Å². The molecule has 0 aromatic rings. The number of carboxylic acids is 1. The SMILES string of the molecule is CC(C)(C#N)C1=CC(C(=O)O)CC=N1. The van der Waals surface area contributed by atoms with Crippen LogP contribution >= 0.6 is 0 Å². The van der Waals surface area contributed by atoms with E-state index in [1.165, 1.54) is 0 Å². The quantitative estimate of drug-likeness (QED) is 0.722. The minimum atomic E-state index is -0.873. The topological polar surface area (TPSA) is 73.5 Å². The number of allylic oxidation sites excluding steroid dienone is 1. The molecule has 0 aromatic heterocycles. The van der Waals surface area contributed by atoms with E-state index in [1.54, 1.807) is 26.1 Å². The molecule has 0 radical (unpaired) electrons. The largest absolute Gasteiger partial charge is 0.481 e. The van der Waals surface area contributed by atoms with E-state index in [-0.39, 0.29) is 0 Å². The molecule has 1 N–H and O–H groups in total. The summed E-state index contributed by atoms with van der Waals surface area (Å²) in [5.74, 6) is -1.42. The summed E-state index contributed by atoms with van der Waals surface area (Å²) in [5, 5.41) is 17.7. The Morgan fingerprint density at radius 3 is 2.93 bits per heavy atom. The second-order valence-corrected chi connectivity index (χ2v) is 3.78. The van der Waals surface area contributed by atoms with Gasteiger partial charge in [-0.2, -0.15) is 5.26 Å². The molecule has 0 aliphatic carbocycles. The molecule has 1 heterocycles. The molecule has 14 heavy (non-hydrogen) atoms. The number of hydrogen-bond acceptors (Lipinski definition) is 3. The zero-order chi connectivity index (χ0) is 10.8. The van der Waals surface area contributed by atoms with Crippen molar-refractivity contribution < 1.29 is 9.90 Å². The van der Waals surface area contributed by atoms with Crippen LogP contribution in [0.3, 0.4) is 0 Å². The number of hydrogen-bond donors (Lipinski definition) is 1. The van der Waals surface area contributed by atoms with Crippen LogP contribution in [0.2, 0.25) is 0 Å². The summed E-state index contributed by atoms with van der Waals surface area (Å²) in [5.41, 5.74) is -0.177. The first-order valence-corrected chi connectivity index (χ1v) is 4.36. The molecule has 1 unspecified atom stereocenters. The van der Waals surface area contributed by atoms with E-state index in [1.807, 2.05) is 0 Å². The van der Waals surface area contributed by atoms with Crippen LogP contribution in [-0.4, -0.2) is 17.3 Å². The van der Waals surface area contributed by atoms with Crippen molar-refractivity contribution in [2.45, 2.75) is 20.3 Å². The fraction of sp³-hybridized carbons (Fsp3) is 0.500. The van der Waals surface area contributed by atoms with Gasteiger partial charge in [0, 0.05) is 6.21 Å². The summed E-state index contributed by atoms with van der Waals surface area (Å²) in [7, 11) is 0. The van der Waals surface area contributed by atoms with Gasteiger partial charge in [0.15, 0.2) is 0 Å². The lowest BCUT2D eigenvalue weighted by atomic mass is 9.87. The number of aliphatic imine (C=N–C) groups is 1. The van der Waals surface area contributed by atoms with Gasteiger partial charge in [0.25, 0.3) is 0 Å². The van der Waals surface area contributed by atoms with Crippen molar-refractivity contribution in [1.29, 1.82) is 5.26 Å². The number of carboxylic acid groups (broad SMARTS) is 1. The molecule has 0 amide bonds. The van der Waals surface area contributed by atoms with E-state index < -0.39 is 17.3 Å². The maximum atomic E-state index is 10.7. The minimum Gasteiger partial charge on any atom is -0.481 e. The summed E-state index contributed by atoms with van der Waals surface area (Å²) < 4.78 is 0. The van der Waals surface area contributed by atoms with Crippen LogP contribution < -0.4 is 0 Å². The summed E-state index contributed by atoms with van der Waals surface area (Å²) in [6, 6.07) is 2.10. The molecule has 1 atom stereocenters. The highest BCUT2D eigenvalue weighted by Gasteiger charge is 2.27. The van der Waals surface area contributed by atoms with Crippen molar-refractivity contribution in [3.63, 3.8) is 0 Å². The smallest absolute Gasteiger partial charge is 0.310 e. The van der Waals surface area contributed by atoms with Gasteiger partial charge >= 0.3 is 5.97 Å². The Morgan fingerprint density at radius 1 is 1.79 bits per heavy atom. The highest BCUT2D eigenvalue weighted by Crippen LogP contribution is 2.30. The monoisotopic (exact) mass is 192 g/mol. The number of rotatable bonds is 2. The normalized spacial score (nSPS) is 21.2. The third kappa shape index (κ3) is 1.99. The molecule has 4 nitrogen and oxygen atoms in total. The molecule has 0 bridgehead atoms. The zero-order valence-corrected chi connectivity index (χ0v) is 8.19. The molecule has 0 fully saturated rings. The summed E-state index contributed by atoms with van der Waals surface area (Å²) >= 11 is 0. The molecule has 1 aliphatic rings. The molecular formula is C10H12N2O2. The number of nitrogens with zero attached hydrogens (tertiary/aromatic N) is 2. The van der Waals surface area contributed by atoms with Crippen molar-refractivity contribution in [1.82, 2.24) is 0 Å². The van der Waals surface area contributed by atoms with Gasteiger partial charge < -0.3 is 5.11 Å². The Morgan fingerprint density at radius 2 is 2.43 bits per heavy atom. The third-order valence-corrected chi connectivity index (χ3v) is 2.19. The van der Waals surface area contributed by atoms with Gasteiger partial charge in [-0.1, -0.05) is 0 Å². The predicted molar refractivity (Wildman–Crippen MR) is 51.7 cm³/mol. The Bertz CT molecular complexity index is 348. The second-order valence-electron chi connectivity index (χ2n) is 3.78. The number of aliphatic carboxylic acids is 1. The van der Waals surface area contributed by atoms with Crippen LogP contribution in [0.5, 0.6) is 0 Å². The van der Waals surface area contributed by atoms with Gasteiger partial charge in [0.05, 0.1) is 23.1 Å². The van der Waals surface area contributed by atoms with Gasteiger partial charge in [-0.3, -0.25) is 9.79 Å². The highest BCUT2D eigenvalue weighted by molar-refractivity contribution is 5.78. The Kier molecular flexibility index (Phi) is 2.70. The molecule has 0 aromatic carbocycles. The second kappa shape index (κ2) is 3.62. The molecule has 0 saturated carbocycles. The predicted octanol–water partition coefficient (Wildman–Crippen LogP) is 1.60. The van der Waals surface area contributed by atoms with Crippen LogP contribution in [0.25, 0.3) is 0 Å². The number of carbonyl (C=O) groups is 1.